The molecule has 140 valence electrons. The molecule has 5 aliphatic rings. The van der Waals surface area contributed by atoms with Gasteiger partial charge < -0.3 is 9.64 Å². The van der Waals surface area contributed by atoms with Crippen LogP contribution in [-0.2, 0) is 16.0 Å². The molecule has 4 nitrogen and oxygen atoms in total. The Kier molecular flexibility index (Phi) is 2.85. The number of allylic oxidation sites excluding steroid dienone is 2. The quantitative estimate of drug-likeness (QED) is 0.592. The van der Waals surface area contributed by atoms with Crippen LogP contribution in [0.5, 0.6) is 0 Å². The number of amides is 1. The Bertz CT molecular complexity index is 947. The molecule has 2 bridgehead atoms. The van der Waals surface area contributed by atoms with Crippen molar-refractivity contribution in [2.24, 2.45) is 22.7 Å². The van der Waals surface area contributed by atoms with Crippen molar-refractivity contribution >= 4 is 17.6 Å². The maximum atomic E-state index is 13.9. The van der Waals surface area contributed by atoms with E-state index in [1.807, 2.05) is 23.1 Å². The van der Waals surface area contributed by atoms with Crippen LogP contribution in [0.25, 0.3) is 0 Å². The fourth-order valence-electron chi connectivity index (χ4n) is 6.95. The molecular formula is C23H25NO3. The van der Waals surface area contributed by atoms with Gasteiger partial charge in [0.1, 0.15) is 0 Å². The summed E-state index contributed by atoms with van der Waals surface area (Å²) in [5.41, 5.74) is 5.98. The number of anilines is 1. The summed E-state index contributed by atoms with van der Waals surface area (Å²) in [5, 5.41) is 0. The van der Waals surface area contributed by atoms with Gasteiger partial charge in [-0.3, -0.25) is 4.79 Å². The van der Waals surface area contributed by atoms with Gasteiger partial charge in [-0.2, -0.15) is 0 Å². The second kappa shape index (κ2) is 4.84. The molecule has 0 N–H and O–H groups in total. The Morgan fingerprint density at radius 1 is 1.26 bits per heavy atom. The maximum absolute atomic E-state index is 13.9. The van der Waals surface area contributed by atoms with Crippen LogP contribution in [0, 0.1) is 22.7 Å². The first-order valence-electron chi connectivity index (χ1n) is 10.2. The number of nitrogens with zero attached hydrogens (tertiary/aromatic N) is 1. The fraction of sp³-hybridized carbons (Fsp3) is 0.565. The van der Waals surface area contributed by atoms with E-state index in [1.54, 1.807) is 11.1 Å². The topological polar surface area (TPSA) is 46.6 Å². The van der Waals surface area contributed by atoms with Crippen LogP contribution in [0.4, 0.5) is 5.69 Å². The predicted molar refractivity (Wildman–Crippen MR) is 101 cm³/mol. The fourth-order valence-corrected chi connectivity index (χ4v) is 6.95. The molecule has 0 saturated heterocycles. The highest BCUT2D eigenvalue weighted by atomic mass is 16.5. The average molecular weight is 363 g/mol. The van der Waals surface area contributed by atoms with Gasteiger partial charge in [0.2, 0.25) is 5.91 Å². The summed E-state index contributed by atoms with van der Waals surface area (Å²) in [5.74, 6) is 1.41. The van der Waals surface area contributed by atoms with E-state index in [0.717, 1.165) is 42.9 Å². The van der Waals surface area contributed by atoms with Crippen LogP contribution in [0.1, 0.15) is 54.9 Å². The van der Waals surface area contributed by atoms with E-state index in [2.05, 4.69) is 6.92 Å². The lowest BCUT2D eigenvalue weighted by Crippen LogP contribution is -2.43. The lowest BCUT2D eigenvalue weighted by molar-refractivity contribution is -0.129. The highest BCUT2D eigenvalue weighted by molar-refractivity contribution is 6.02. The Hall–Kier alpha value is -2.10. The molecule has 1 amide bonds. The van der Waals surface area contributed by atoms with Gasteiger partial charge in [-0.1, -0.05) is 24.1 Å². The summed E-state index contributed by atoms with van der Waals surface area (Å²) in [6, 6.07) is 5.68. The van der Waals surface area contributed by atoms with Crippen molar-refractivity contribution in [1.82, 2.24) is 0 Å². The van der Waals surface area contributed by atoms with Gasteiger partial charge in [0.15, 0.2) is 0 Å². The first-order valence-corrected chi connectivity index (χ1v) is 10.2. The molecule has 4 atom stereocenters. The molecule has 1 aromatic carbocycles. The van der Waals surface area contributed by atoms with Crippen molar-refractivity contribution in [2.45, 2.75) is 45.4 Å². The summed E-state index contributed by atoms with van der Waals surface area (Å²) in [4.78, 5) is 28.0. The molecular weight excluding hydrogens is 338 g/mol. The number of methoxy groups -OCH3 is 1. The second-order valence-electron chi connectivity index (χ2n) is 9.68. The van der Waals surface area contributed by atoms with Gasteiger partial charge in [0.25, 0.3) is 0 Å². The predicted octanol–water partition coefficient (Wildman–Crippen LogP) is 3.89. The Labute approximate surface area is 159 Å². The number of fused-ring (bicyclic) bond motifs is 3. The van der Waals surface area contributed by atoms with E-state index in [1.165, 1.54) is 20.0 Å². The van der Waals surface area contributed by atoms with Gasteiger partial charge in [-0.25, -0.2) is 4.79 Å². The lowest BCUT2D eigenvalue weighted by Gasteiger charge is -2.37. The molecule has 3 saturated carbocycles. The minimum absolute atomic E-state index is 0.201. The molecule has 27 heavy (non-hydrogen) atoms. The number of benzene rings is 1. The Balaban J connectivity index is 1.38. The number of ether oxygens (including phenoxy) is 1. The van der Waals surface area contributed by atoms with Crippen molar-refractivity contribution in [2.75, 3.05) is 18.6 Å². The molecule has 4 aliphatic carbocycles. The van der Waals surface area contributed by atoms with E-state index in [9.17, 15) is 9.59 Å². The zero-order chi connectivity index (χ0) is 18.6. The second-order valence-corrected chi connectivity index (χ2v) is 9.68. The normalized spacial score (nSPS) is 37.3. The van der Waals surface area contributed by atoms with Crippen LogP contribution in [0.3, 0.4) is 0 Å². The smallest absolute Gasteiger partial charge is 0.338 e. The standard InChI is InChI=1S/C23H25NO3/c1-22-11-18(22)16-8-13-9-23(12-22,10-17(13)16)21(26)24-7-6-14-15(20(25)27-2)4-3-5-19(14)24/h3-5,13,17H,6-12H2,1-2H3/t13-,17?,22-,23?/m0/s1. The largest absolute Gasteiger partial charge is 0.465 e. The first kappa shape index (κ1) is 15.9. The molecule has 6 rings (SSSR count). The molecule has 3 fully saturated rings. The number of hydrogen-bond acceptors (Lipinski definition) is 3. The molecule has 1 aromatic rings. The van der Waals surface area contributed by atoms with Crippen molar-refractivity contribution in [3.63, 3.8) is 0 Å². The van der Waals surface area contributed by atoms with Crippen LogP contribution in [-0.4, -0.2) is 25.5 Å². The van der Waals surface area contributed by atoms with E-state index in [-0.39, 0.29) is 16.8 Å². The molecule has 0 radical (unpaired) electrons. The summed E-state index contributed by atoms with van der Waals surface area (Å²) in [6.45, 7) is 3.05. The van der Waals surface area contributed by atoms with E-state index in [4.69, 9.17) is 4.74 Å². The number of carbonyl (C=O) groups is 2. The van der Waals surface area contributed by atoms with E-state index in [0.29, 0.717) is 23.9 Å². The molecule has 1 aliphatic heterocycles. The van der Waals surface area contributed by atoms with Crippen molar-refractivity contribution in [1.29, 1.82) is 0 Å². The number of hydrogen-bond donors (Lipinski definition) is 0. The van der Waals surface area contributed by atoms with Crippen LogP contribution in [0.15, 0.2) is 29.3 Å². The Morgan fingerprint density at radius 3 is 2.93 bits per heavy atom. The van der Waals surface area contributed by atoms with Gasteiger partial charge in [-0.05, 0) is 73.5 Å². The minimum atomic E-state index is -0.309. The molecule has 0 spiro atoms. The van der Waals surface area contributed by atoms with Crippen molar-refractivity contribution in [3.05, 3.63) is 40.5 Å². The lowest BCUT2D eigenvalue weighted by atomic mass is 9.69. The third-order valence-corrected chi connectivity index (χ3v) is 8.18. The van der Waals surface area contributed by atoms with Crippen molar-refractivity contribution < 1.29 is 14.3 Å². The summed E-state index contributed by atoms with van der Waals surface area (Å²) >= 11 is 0. The third kappa shape index (κ3) is 1.89. The molecule has 4 heteroatoms. The van der Waals surface area contributed by atoms with E-state index >= 15 is 0 Å². The summed E-state index contributed by atoms with van der Waals surface area (Å²) in [6.07, 6.45) is 6.32. The summed E-state index contributed by atoms with van der Waals surface area (Å²) < 4.78 is 4.94. The van der Waals surface area contributed by atoms with Gasteiger partial charge in [0.05, 0.1) is 18.1 Å². The number of esters is 1. The SMILES string of the molecule is COC(=O)c1cccc2c1CCN2C(=O)C12CC3C(=C4C[C@@]4(C)C1)C[C@H]3C2. The highest BCUT2D eigenvalue weighted by Gasteiger charge is 2.66. The van der Waals surface area contributed by atoms with Gasteiger partial charge in [0, 0.05) is 12.2 Å². The van der Waals surface area contributed by atoms with Crippen LogP contribution in [0.2, 0.25) is 0 Å². The molecule has 0 aromatic heterocycles. The third-order valence-electron chi connectivity index (χ3n) is 8.18. The zero-order valence-corrected chi connectivity index (χ0v) is 16.0. The zero-order valence-electron chi connectivity index (χ0n) is 16.0. The van der Waals surface area contributed by atoms with Gasteiger partial charge in [-0.15, -0.1) is 0 Å². The minimum Gasteiger partial charge on any atom is -0.465 e. The number of carbonyl (C=O) groups excluding carboxylic acids is 2. The van der Waals surface area contributed by atoms with Crippen LogP contribution >= 0.6 is 0 Å². The monoisotopic (exact) mass is 363 g/mol. The molecule has 2 unspecified atom stereocenters. The average Bonchev–Trinajstić information content (AvgIpc) is 3.01. The van der Waals surface area contributed by atoms with Gasteiger partial charge >= 0.3 is 5.97 Å². The van der Waals surface area contributed by atoms with Crippen molar-refractivity contribution in [3.8, 4) is 0 Å². The first-order chi connectivity index (χ1) is 13.0. The molecule has 1 heterocycles. The maximum Gasteiger partial charge on any atom is 0.338 e. The Morgan fingerprint density at radius 2 is 2.11 bits per heavy atom. The van der Waals surface area contributed by atoms with Crippen LogP contribution < -0.4 is 4.90 Å². The number of rotatable bonds is 2. The summed E-state index contributed by atoms with van der Waals surface area (Å²) in [7, 11) is 1.41. The highest BCUT2D eigenvalue weighted by Crippen LogP contribution is 2.74. The van der Waals surface area contributed by atoms with E-state index < -0.39 is 0 Å².